The number of benzene rings is 1. The van der Waals surface area contributed by atoms with Gasteiger partial charge in [-0.2, -0.15) is 0 Å². The van der Waals surface area contributed by atoms with Gasteiger partial charge in [0, 0.05) is 24.9 Å². The van der Waals surface area contributed by atoms with E-state index < -0.39 is 0 Å². The van der Waals surface area contributed by atoms with Crippen LogP contribution >= 0.6 is 0 Å². The Morgan fingerprint density at radius 1 is 1.12 bits per heavy atom. The monoisotopic (exact) mass is 466 g/mol. The van der Waals surface area contributed by atoms with Crippen LogP contribution in [0.1, 0.15) is 56.9 Å². The molecule has 34 heavy (non-hydrogen) atoms. The molecule has 0 radical (unpaired) electrons. The van der Waals surface area contributed by atoms with Crippen LogP contribution in [0.2, 0.25) is 0 Å². The molecule has 5 nitrogen and oxygen atoms in total. The summed E-state index contributed by atoms with van der Waals surface area (Å²) in [5.41, 5.74) is 1.22. The Morgan fingerprint density at radius 3 is 2.65 bits per heavy atom. The van der Waals surface area contributed by atoms with Gasteiger partial charge in [0.15, 0.2) is 11.5 Å². The molecule has 6 heteroatoms. The summed E-state index contributed by atoms with van der Waals surface area (Å²) >= 11 is 0. The molecular weight excluding hydrogens is 431 g/mol. The number of allylic oxidation sites excluding steroid dienone is 4. The zero-order valence-electron chi connectivity index (χ0n) is 19.9. The molecule has 1 aromatic rings. The molecule has 3 fully saturated rings. The third kappa shape index (κ3) is 3.94. The highest BCUT2D eigenvalue weighted by molar-refractivity contribution is 5.81. The van der Waals surface area contributed by atoms with E-state index in [1.165, 1.54) is 18.4 Å². The van der Waals surface area contributed by atoms with E-state index in [0.29, 0.717) is 25.6 Å². The Balaban J connectivity index is 1.17. The molecule has 2 atom stereocenters. The van der Waals surface area contributed by atoms with Crippen LogP contribution < -0.4 is 9.47 Å². The summed E-state index contributed by atoms with van der Waals surface area (Å²) in [6.45, 7) is 5.29. The second kappa shape index (κ2) is 8.71. The van der Waals surface area contributed by atoms with Crippen LogP contribution in [0.4, 0.5) is 4.39 Å². The van der Waals surface area contributed by atoms with Crippen LogP contribution in [-0.2, 0) is 10.2 Å². The number of ether oxygens (including phenoxy) is 2. The summed E-state index contributed by atoms with van der Waals surface area (Å²) in [5.74, 6) is 2.16. The predicted octanol–water partition coefficient (Wildman–Crippen LogP) is 4.77. The van der Waals surface area contributed by atoms with Crippen LogP contribution in [0.3, 0.4) is 0 Å². The fraction of sp³-hybridized carbons (Fsp3) is 0.607. The Kier molecular flexibility index (Phi) is 5.67. The van der Waals surface area contributed by atoms with Gasteiger partial charge in [-0.1, -0.05) is 12.1 Å². The summed E-state index contributed by atoms with van der Waals surface area (Å²) in [7, 11) is 0. The Labute approximate surface area is 201 Å². The van der Waals surface area contributed by atoms with Crippen LogP contribution in [-0.4, -0.2) is 60.6 Å². The molecule has 0 N–H and O–H groups in total. The minimum Gasteiger partial charge on any atom is -0.486 e. The molecule has 1 amide bonds. The number of fused-ring (bicyclic) bond motifs is 1. The summed E-state index contributed by atoms with van der Waals surface area (Å²) < 4.78 is 24.9. The third-order valence-electron chi connectivity index (χ3n) is 8.66. The van der Waals surface area contributed by atoms with E-state index in [1.54, 1.807) is 12.2 Å². The highest BCUT2D eigenvalue weighted by Gasteiger charge is 2.72. The third-order valence-corrected chi connectivity index (χ3v) is 8.66. The quantitative estimate of drug-likeness (QED) is 0.518. The molecule has 0 aromatic heterocycles. The highest BCUT2D eigenvalue weighted by atomic mass is 19.1. The van der Waals surface area contributed by atoms with Crippen molar-refractivity contribution in [2.75, 3.05) is 39.4 Å². The van der Waals surface area contributed by atoms with Gasteiger partial charge in [-0.3, -0.25) is 4.79 Å². The Bertz CT molecular complexity index is 1010. The molecule has 2 saturated heterocycles. The molecule has 2 aliphatic carbocycles. The maximum atomic E-state index is 13.4. The van der Waals surface area contributed by atoms with Crippen molar-refractivity contribution in [1.29, 1.82) is 0 Å². The van der Waals surface area contributed by atoms with Crippen LogP contribution in [0, 0.1) is 5.92 Å². The first-order valence-corrected chi connectivity index (χ1v) is 13.1. The number of rotatable bonds is 8. The van der Waals surface area contributed by atoms with Gasteiger partial charge >= 0.3 is 0 Å². The molecule has 182 valence electrons. The Hall–Kier alpha value is -2.34. The lowest BCUT2D eigenvalue weighted by Crippen LogP contribution is -2.45. The largest absolute Gasteiger partial charge is 0.486 e. The van der Waals surface area contributed by atoms with Crippen molar-refractivity contribution in [2.24, 2.45) is 5.92 Å². The highest BCUT2D eigenvalue weighted by Crippen LogP contribution is 2.64. The maximum absolute atomic E-state index is 13.4. The second-order valence-electron chi connectivity index (χ2n) is 10.8. The molecular formula is C28H35FN2O3. The van der Waals surface area contributed by atoms with E-state index in [2.05, 4.69) is 28.0 Å². The van der Waals surface area contributed by atoms with Crippen LogP contribution in [0.25, 0.3) is 0 Å². The minimum absolute atomic E-state index is 0.0233. The fourth-order valence-electron chi connectivity index (χ4n) is 6.55. The molecule has 1 saturated carbocycles. The van der Waals surface area contributed by atoms with E-state index >= 15 is 0 Å². The van der Waals surface area contributed by atoms with Crippen LogP contribution in [0.15, 0.2) is 42.3 Å². The molecule has 5 aliphatic rings. The summed E-state index contributed by atoms with van der Waals surface area (Å²) in [6, 6.07) is 6.43. The average molecular weight is 467 g/mol. The van der Waals surface area contributed by atoms with Crippen molar-refractivity contribution < 1.29 is 18.7 Å². The molecule has 2 unspecified atom stereocenters. The van der Waals surface area contributed by atoms with Gasteiger partial charge in [0.2, 0.25) is 5.91 Å². The zero-order valence-corrected chi connectivity index (χ0v) is 19.9. The standard InChI is InChI=1S/C28H35FN2O3/c29-23-9-6-21(7-10-23)4-3-5-26(32)31-20-28(31,19-30-14-1-2-15-30)27(12-13-27)22-8-11-24-25(18-22)34-17-16-33-24/h6,8-11,18,21H,1-5,7,12-17,19-20H2. The number of carbonyl (C=O) groups is 1. The number of likely N-dealkylation sites (tertiary alicyclic amines) is 1. The van der Waals surface area contributed by atoms with Crippen molar-refractivity contribution in [3.8, 4) is 11.5 Å². The normalized spacial score (nSPS) is 29.1. The van der Waals surface area contributed by atoms with E-state index in [0.717, 1.165) is 69.8 Å². The SMILES string of the molecule is O=C(CCCC1C=CC(F)=CC1)N1CC1(CN1CCCC1)C1(c2ccc3c(c2)OCCO3)CC1. The van der Waals surface area contributed by atoms with Crippen molar-refractivity contribution in [3.05, 3.63) is 47.8 Å². The van der Waals surface area contributed by atoms with Crippen LogP contribution in [0.5, 0.6) is 11.5 Å². The summed E-state index contributed by atoms with van der Waals surface area (Å²) in [4.78, 5) is 18.2. The smallest absolute Gasteiger partial charge is 0.223 e. The maximum Gasteiger partial charge on any atom is 0.223 e. The molecule has 0 spiro atoms. The first kappa shape index (κ1) is 22.1. The van der Waals surface area contributed by atoms with E-state index in [-0.39, 0.29) is 22.7 Å². The fourth-order valence-corrected chi connectivity index (χ4v) is 6.55. The van der Waals surface area contributed by atoms with Gasteiger partial charge < -0.3 is 19.3 Å². The second-order valence-corrected chi connectivity index (χ2v) is 10.8. The van der Waals surface area contributed by atoms with Gasteiger partial charge in [-0.15, -0.1) is 0 Å². The lowest BCUT2D eigenvalue weighted by Gasteiger charge is -2.33. The molecule has 6 rings (SSSR count). The molecule has 1 aromatic carbocycles. The summed E-state index contributed by atoms with van der Waals surface area (Å²) in [6.07, 6.45) is 13.0. The van der Waals surface area contributed by atoms with Gasteiger partial charge in [0.05, 0.1) is 5.54 Å². The predicted molar refractivity (Wildman–Crippen MR) is 129 cm³/mol. The number of hydrogen-bond donors (Lipinski definition) is 0. The van der Waals surface area contributed by atoms with E-state index in [1.807, 2.05) is 6.08 Å². The lowest BCUT2D eigenvalue weighted by molar-refractivity contribution is -0.127. The van der Waals surface area contributed by atoms with E-state index in [9.17, 15) is 9.18 Å². The van der Waals surface area contributed by atoms with Gasteiger partial charge in [0.25, 0.3) is 0 Å². The van der Waals surface area contributed by atoms with Crippen molar-refractivity contribution in [3.63, 3.8) is 0 Å². The minimum atomic E-state index is -0.142. The Morgan fingerprint density at radius 2 is 1.91 bits per heavy atom. The van der Waals surface area contributed by atoms with Gasteiger partial charge in [-0.25, -0.2) is 4.39 Å². The van der Waals surface area contributed by atoms with Crippen molar-refractivity contribution >= 4 is 5.91 Å². The first-order valence-electron chi connectivity index (χ1n) is 13.1. The van der Waals surface area contributed by atoms with Gasteiger partial charge in [-0.05, 0) is 93.8 Å². The number of hydrogen-bond acceptors (Lipinski definition) is 4. The first-order chi connectivity index (χ1) is 16.6. The molecule has 3 aliphatic heterocycles. The zero-order chi connectivity index (χ0) is 23.2. The molecule has 3 heterocycles. The van der Waals surface area contributed by atoms with Gasteiger partial charge in [0.1, 0.15) is 19.0 Å². The average Bonchev–Trinajstić information content (AvgIpc) is 3.75. The summed E-state index contributed by atoms with van der Waals surface area (Å²) in [5, 5.41) is 0. The number of amides is 1. The van der Waals surface area contributed by atoms with E-state index in [4.69, 9.17) is 9.47 Å². The number of halogens is 1. The number of nitrogens with zero attached hydrogens (tertiary/aromatic N) is 2. The number of carbonyl (C=O) groups excluding carboxylic acids is 1. The molecule has 0 bridgehead atoms. The van der Waals surface area contributed by atoms with Crippen molar-refractivity contribution in [2.45, 2.75) is 62.3 Å². The topological polar surface area (TPSA) is 41.8 Å². The van der Waals surface area contributed by atoms with Crippen molar-refractivity contribution in [1.82, 2.24) is 9.80 Å². The lowest BCUT2D eigenvalue weighted by atomic mass is 9.81.